The summed E-state index contributed by atoms with van der Waals surface area (Å²) in [6.07, 6.45) is 2.79. The van der Waals surface area contributed by atoms with Crippen molar-refractivity contribution in [3.05, 3.63) is 0 Å². The van der Waals surface area contributed by atoms with E-state index in [9.17, 15) is 9.90 Å². The summed E-state index contributed by atoms with van der Waals surface area (Å²) < 4.78 is 0. The Balaban J connectivity index is 2.24. The van der Waals surface area contributed by atoms with E-state index >= 15 is 0 Å². The first-order chi connectivity index (χ1) is 4.84. The van der Waals surface area contributed by atoms with Crippen LogP contribution in [0.2, 0.25) is 0 Å². The van der Waals surface area contributed by atoms with Crippen molar-refractivity contribution in [2.45, 2.75) is 25.5 Å². The molecule has 0 aromatic rings. The quantitative estimate of drug-likeness (QED) is 0.565. The molecule has 0 bridgehead atoms. The van der Waals surface area contributed by atoms with Crippen LogP contribution >= 0.6 is 0 Å². The molecule has 1 fully saturated rings. The third kappa shape index (κ3) is 1.78. The van der Waals surface area contributed by atoms with Gasteiger partial charge in [0.15, 0.2) is 0 Å². The van der Waals surface area contributed by atoms with Gasteiger partial charge in [-0.1, -0.05) is 0 Å². The first-order valence-corrected chi connectivity index (χ1v) is 3.70. The number of hydrogen-bond acceptors (Lipinski definition) is 3. The molecular weight excluding hydrogens is 130 g/mol. The number of aliphatic hydroxyl groups excluding tert-OH is 1. The summed E-state index contributed by atoms with van der Waals surface area (Å²) in [4.78, 5) is 11.9. The average molecular weight is 143 g/mol. The molecule has 0 aliphatic carbocycles. The minimum absolute atomic E-state index is 0.250. The number of aldehydes is 1. The number of aliphatic hydroxyl groups is 1. The van der Waals surface area contributed by atoms with Crippen molar-refractivity contribution in [2.75, 3.05) is 13.1 Å². The van der Waals surface area contributed by atoms with Crippen LogP contribution in [0.25, 0.3) is 0 Å². The van der Waals surface area contributed by atoms with Crippen LogP contribution in [0.3, 0.4) is 0 Å². The Bertz CT molecular complexity index is 110. The molecule has 3 heteroatoms. The molecule has 1 heterocycles. The van der Waals surface area contributed by atoms with Crippen molar-refractivity contribution in [3.8, 4) is 0 Å². The fraction of sp³-hybridized carbons (Fsp3) is 0.857. The summed E-state index contributed by atoms with van der Waals surface area (Å²) >= 11 is 0. The topological polar surface area (TPSA) is 40.5 Å². The summed E-state index contributed by atoms with van der Waals surface area (Å²) in [6, 6.07) is 0. The summed E-state index contributed by atoms with van der Waals surface area (Å²) in [5.74, 6) is 0. The van der Waals surface area contributed by atoms with Crippen LogP contribution in [0.5, 0.6) is 0 Å². The first kappa shape index (κ1) is 7.69. The van der Waals surface area contributed by atoms with Crippen LogP contribution in [0.1, 0.15) is 19.3 Å². The molecule has 58 valence electrons. The lowest BCUT2D eigenvalue weighted by atomic mass is 10.4. The fourth-order valence-corrected chi connectivity index (χ4v) is 1.27. The minimum Gasteiger partial charge on any atom is -0.378 e. The van der Waals surface area contributed by atoms with Crippen LogP contribution in [-0.4, -0.2) is 35.6 Å². The number of hydrogen-bond donors (Lipinski definition) is 1. The predicted molar refractivity (Wildman–Crippen MR) is 37.5 cm³/mol. The molecule has 0 saturated carbocycles. The van der Waals surface area contributed by atoms with E-state index in [1.54, 1.807) is 0 Å². The maximum absolute atomic E-state index is 9.99. The molecule has 1 aliphatic heterocycles. The lowest BCUT2D eigenvalue weighted by molar-refractivity contribution is -0.112. The lowest BCUT2D eigenvalue weighted by Crippen LogP contribution is -2.32. The van der Waals surface area contributed by atoms with Gasteiger partial charge in [0.2, 0.25) is 0 Å². The number of carbonyl (C=O) groups excluding carboxylic acids is 1. The van der Waals surface area contributed by atoms with Crippen molar-refractivity contribution in [1.29, 1.82) is 0 Å². The third-order valence-electron chi connectivity index (χ3n) is 1.87. The summed E-state index contributed by atoms with van der Waals surface area (Å²) in [5, 5.41) is 9.24. The van der Waals surface area contributed by atoms with E-state index in [4.69, 9.17) is 0 Å². The van der Waals surface area contributed by atoms with Gasteiger partial charge < -0.3 is 9.90 Å². The Hall–Kier alpha value is -0.410. The molecule has 0 aromatic carbocycles. The van der Waals surface area contributed by atoms with Gasteiger partial charge in [0.05, 0.1) is 0 Å². The van der Waals surface area contributed by atoms with E-state index in [0.29, 0.717) is 0 Å². The van der Waals surface area contributed by atoms with E-state index in [0.717, 1.165) is 32.2 Å². The number of likely N-dealkylation sites (tertiary alicyclic amines) is 1. The second-order valence-corrected chi connectivity index (χ2v) is 2.63. The first-order valence-electron chi connectivity index (χ1n) is 3.70. The van der Waals surface area contributed by atoms with Crippen molar-refractivity contribution >= 4 is 6.29 Å². The van der Waals surface area contributed by atoms with Gasteiger partial charge in [-0.3, -0.25) is 4.90 Å². The van der Waals surface area contributed by atoms with Crippen molar-refractivity contribution in [3.63, 3.8) is 0 Å². The highest BCUT2D eigenvalue weighted by Crippen LogP contribution is 2.10. The van der Waals surface area contributed by atoms with Crippen LogP contribution < -0.4 is 0 Å². The molecule has 1 saturated heterocycles. The van der Waals surface area contributed by atoms with Crippen LogP contribution in [-0.2, 0) is 4.79 Å². The summed E-state index contributed by atoms with van der Waals surface area (Å²) in [6.45, 7) is 1.88. The largest absolute Gasteiger partial charge is 0.378 e. The average Bonchev–Trinajstić information content (AvgIpc) is 2.38. The van der Waals surface area contributed by atoms with E-state index in [2.05, 4.69) is 0 Å². The van der Waals surface area contributed by atoms with Gasteiger partial charge >= 0.3 is 0 Å². The molecule has 0 spiro atoms. The molecule has 0 aromatic heterocycles. The zero-order valence-corrected chi connectivity index (χ0v) is 5.99. The maximum Gasteiger partial charge on any atom is 0.123 e. The number of nitrogens with zero attached hydrogens (tertiary/aromatic N) is 1. The van der Waals surface area contributed by atoms with Crippen LogP contribution in [0, 0.1) is 0 Å². The van der Waals surface area contributed by atoms with E-state index in [1.807, 2.05) is 4.90 Å². The van der Waals surface area contributed by atoms with Gasteiger partial charge in [-0.05, 0) is 12.8 Å². The Labute approximate surface area is 60.6 Å². The van der Waals surface area contributed by atoms with Gasteiger partial charge in [0.25, 0.3) is 0 Å². The van der Waals surface area contributed by atoms with Crippen molar-refractivity contribution in [2.24, 2.45) is 0 Å². The highest BCUT2D eigenvalue weighted by molar-refractivity contribution is 5.49. The highest BCUT2D eigenvalue weighted by Gasteiger charge is 2.18. The molecule has 1 unspecified atom stereocenters. The van der Waals surface area contributed by atoms with Crippen molar-refractivity contribution in [1.82, 2.24) is 4.90 Å². The number of carbonyl (C=O) groups is 1. The van der Waals surface area contributed by atoms with Gasteiger partial charge in [0, 0.05) is 19.5 Å². The fourth-order valence-electron chi connectivity index (χ4n) is 1.27. The lowest BCUT2D eigenvalue weighted by Gasteiger charge is -2.19. The smallest absolute Gasteiger partial charge is 0.123 e. The predicted octanol–water partition coefficient (Wildman–Crippen LogP) is -0.0104. The standard InChI is InChI=1S/C7H13NO2/c9-6-3-7(10)8-4-1-2-5-8/h6-7,10H,1-5H2. The minimum atomic E-state index is -0.528. The van der Waals surface area contributed by atoms with Gasteiger partial charge in [-0.2, -0.15) is 0 Å². The van der Waals surface area contributed by atoms with Gasteiger partial charge in [0.1, 0.15) is 12.5 Å². The second-order valence-electron chi connectivity index (χ2n) is 2.63. The Morgan fingerprint density at radius 3 is 2.60 bits per heavy atom. The monoisotopic (exact) mass is 143 g/mol. The van der Waals surface area contributed by atoms with E-state index in [1.165, 1.54) is 0 Å². The van der Waals surface area contributed by atoms with E-state index in [-0.39, 0.29) is 6.42 Å². The van der Waals surface area contributed by atoms with E-state index < -0.39 is 6.23 Å². The second kappa shape index (κ2) is 3.68. The molecule has 3 nitrogen and oxygen atoms in total. The zero-order chi connectivity index (χ0) is 7.40. The summed E-state index contributed by atoms with van der Waals surface area (Å²) in [7, 11) is 0. The molecule has 1 atom stereocenters. The van der Waals surface area contributed by atoms with Gasteiger partial charge in [-0.15, -0.1) is 0 Å². The molecule has 0 amide bonds. The van der Waals surface area contributed by atoms with Crippen molar-refractivity contribution < 1.29 is 9.90 Å². The molecule has 0 radical (unpaired) electrons. The van der Waals surface area contributed by atoms with Gasteiger partial charge in [-0.25, -0.2) is 0 Å². The Kier molecular flexibility index (Phi) is 2.83. The Morgan fingerprint density at radius 1 is 1.50 bits per heavy atom. The third-order valence-corrected chi connectivity index (χ3v) is 1.87. The molecule has 1 N–H and O–H groups in total. The molecule has 10 heavy (non-hydrogen) atoms. The molecule has 1 rings (SSSR count). The van der Waals surface area contributed by atoms with Crippen LogP contribution in [0.4, 0.5) is 0 Å². The van der Waals surface area contributed by atoms with Crippen LogP contribution in [0.15, 0.2) is 0 Å². The zero-order valence-electron chi connectivity index (χ0n) is 5.99. The maximum atomic E-state index is 9.99. The molecular formula is C7H13NO2. The Morgan fingerprint density at radius 2 is 2.10 bits per heavy atom. The normalized spacial score (nSPS) is 22.9. The highest BCUT2D eigenvalue weighted by atomic mass is 16.3. The number of rotatable bonds is 3. The molecule has 1 aliphatic rings. The SMILES string of the molecule is O=CCC(O)N1CCCC1. The summed E-state index contributed by atoms with van der Waals surface area (Å²) in [5.41, 5.74) is 0.